The quantitative estimate of drug-likeness (QED) is 0.463. The highest BCUT2D eigenvalue weighted by molar-refractivity contribution is 5.75. The van der Waals surface area contributed by atoms with E-state index in [9.17, 15) is 4.79 Å². The van der Waals surface area contributed by atoms with Gasteiger partial charge in [0, 0.05) is 24.9 Å². The molecule has 0 saturated heterocycles. The number of aromatic nitrogens is 4. The van der Waals surface area contributed by atoms with Gasteiger partial charge < -0.3 is 9.73 Å². The molecule has 30 heavy (non-hydrogen) atoms. The molecule has 0 bridgehead atoms. The summed E-state index contributed by atoms with van der Waals surface area (Å²) in [4.78, 5) is 20.6. The highest BCUT2D eigenvalue weighted by Crippen LogP contribution is 2.20. The van der Waals surface area contributed by atoms with E-state index in [-0.39, 0.29) is 5.91 Å². The van der Waals surface area contributed by atoms with E-state index in [1.54, 1.807) is 17.2 Å². The zero-order valence-electron chi connectivity index (χ0n) is 16.6. The van der Waals surface area contributed by atoms with Crippen molar-refractivity contribution in [2.75, 3.05) is 0 Å². The first-order valence-corrected chi connectivity index (χ1v) is 9.94. The van der Waals surface area contributed by atoms with Gasteiger partial charge in [-0.25, -0.2) is 14.6 Å². The van der Waals surface area contributed by atoms with Gasteiger partial charge in [-0.1, -0.05) is 54.6 Å². The Morgan fingerprint density at radius 1 is 1.03 bits per heavy atom. The number of hydrogen-bond donors (Lipinski definition) is 1. The maximum absolute atomic E-state index is 12.3. The Balaban J connectivity index is 1.24. The van der Waals surface area contributed by atoms with Crippen molar-refractivity contribution < 1.29 is 9.21 Å². The number of nitrogens with zero attached hydrogens (tertiary/aromatic N) is 4. The summed E-state index contributed by atoms with van der Waals surface area (Å²) in [6.45, 7) is 1.11. The molecule has 1 amide bonds. The van der Waals surface area contributed by atoms with Crippen molar-refractivity contribution in [2.45, 2.75) is 32.4 Å². The van der Waals surface area contributed by atoms with Gasteiger partial charge in [0.2, 0.25) is 5.91 Å². The molecule has 0 saturated carbocycles. The molecular formula is C23H23N5O2. The van der Waals surface area contributed by atoms with Crippen molar-refractivity contribution in [2.24, 2.45) is 0 Å². The Bertz CT molecular complexity index is 1070. The van der Waals surface area contributed by atoms with Gasteiger partial charge in [0.1, 0.15) is 12.7 Å². The average molecular weight is 401 g/mol. The molecular weight excluding hydrogens is 378 g/mol. The molecule has 0 fully saturated rings. The number of hydrogen-bond acceptors (Lipinski definition) is 5. The molecule has 0 atom stereocenters. The lowest BCUT2D eigenvalue weighted by atomic mass is 10.1. The number of aryl methyl sites for hydroxylation is 1. The van der Waals surface area contributed by atoms with Crippen LogP contribution in [0.2, 0.25) is 0 Å². The molecule has 152 valence electrons. The maximum Gasteiger partial charge on any atom is 0.220 e. The highest BCUT2D eigenvalue weighted by atomic mass is 16.4. The molecule has 0 unspecified atom stereocenters. The van der Waals surface area contributed by atoms with E-state index in [1.165, 1.54) is 6.33 Å². The first-order chi connectivity index (χ1) is 14.8. The monoisotopic (exact) mass is 401 g/mol. The van der Waals surface area contributed by atoms with Crippen LogP contribution < -0.4 is 5.32 Å². The molecule has 2 aromatic carbocycles. The van der Waals surface area contributed by atoms with Crippen LogP contribution in [0.3, 0.4) is 0 Å². The SMILES string of the molecule is O=C(CCCc1ncc(-c2ccccc2)o1)NCc1ccccc1Cn1cncn1. The predicted molar refractivity (Wildman–Crippen MR) is 112 cm³/mol. The number of nitrogens with one attached hydrogen (secondary N) is 1. The van der Waals surface area contributed by atoms with Crippen LogP contribution in [0.15, 0.2) is 77.9 Å². The smallest absolute Gasteiger partial charge is 0.220 e. The summed E-state index contributed by atoms with van der Waals surface area (Å²) in [6.07, 6.45) is 6.66. The van der Waals surface area contributed by atoms with Gasteiger partial charge in [-0.15, -0.1) is 0 Å². The first kappa shape index (κ1) is 19.6. The van der Waals surface area contributed by atoms with Gasteiger partial charge in [-0.05, 0) is 17.5 Å². The first-order valence-electron chi connectivity index (χ1n) is 9.94. The van der Waals surface area contributed by atoms with E-state index in [0.29, 0.717) is 38.2 Å². The summed E-state index contributed by atoms with van der Waals surface area (Å²) in [5, 5.41) is 7.14. The summed E-state index contributed by atoms with van der Waals surface area (Å²) < 4.78 is 7.55. The molecule has 0 aliphatic carbocycles. The van der Waals surface area contributed by atoms with E-state index in [0.717, 1.165) is 22.5 Å². The number of benzene rings is 2. The van der Waals surface area contributed by atoms with Gasteiger partial charge in [-0.2, -0.15) is 5.10 Å². The van der Waals surface area contributed by atoms with Crippen LogP contribution in [0.1, 0.15) is 29.9 Å². The van der Waals surface area contributed by atoms with Crippen molar-refractivity contribution >= 4 is 5.91 Å². The molecule has 2 aromatic heterocycles. The Morgan fingerprint density at radius 3 is 2.63 bits per heavy atom. The Labute approximate surface area is 174 Å². The van der Waals surface area contributed by atoms with Crippen molar-refractivity contribution in [3.05, 3.63) is 90.5 Å². The summed E-state index contributed by atoms with van der Waals surface area (Å²) in [6, 6.07) is 17.9. The Morgan fingerprint density at radius 2 is 1.83 bits per heavy atom. The fourth-order valence-corrected chi connectivity index (χ4v) is 3.22. The van der Waals surface area contributed by atoms with Crippen LogP contribution in [0.25, 0.3) is 11.3 Å². The number of carbonyl (C=O) groups is 1. The fraction of sp³-hybridized carbons (Fsp3) is 0.217. The fourth-order valence-electron chi connectivity index (χ4n) is 3.22. The molecule has 0 aliphatic heterocycles. The lowest BCUT2D eigenvalue weighted by Crippen LogP contribution is -2.23. The minimum atomic E-state index is 0.0143. The molecule has 2 heterocycles. The largest absolute Gasteiger partial charge is 0.441 e. The Hall–Kier alpha value is -3.74. The second-order valence-electron chi connectivity index (χ2n) is 6.98. The summed E-state index contributed by atoms with van der Waals surface area (Å²) in [5.41, 5.74) is 3.18. The number of amides is 1. The van der Waals surface area contributed by atoms with Gasteiger partial charge in [0.05, 0.1) is 12.7 Å². The van der Waals surface area contributed by atoms with Crippen molar-refractivity contribution in [3.8, 4) is 11.3 Å². The zero-order valence-corrected chi connectivity index (χ0v) is 16.6. The van der Waals surface area contributed by atoms with Crippen molar-refractivity contribution in [3.63, 3.8) is 0 Å². The topological polar surface area (TPSA) is 85.8 Å². The molecule has 7 nitrogen and oxygen atoms in total. The molecule has 7 heteroatoms. The molecule has 0 radical (unpaired) electrons. The van der Waals surface area contributed by atoms with Crippen molar-refractivity contribution in [1.29, 1.82) is 0 Å². The van der Waals surface area contributed by atoms with Crippen LogP contribution in [-0.4, -0.2) is 25.7 Å². The third-order valence-corrected chi connectivity index (χ3v) is 4.80. The van der Waals surface area contributed by atoms with Crippen LogP contribution in [0.4, 0.5) is 0 Å². The number of oxazole rings is 1. The van der Waals surface area contributed by atoms with Crippen LogP contribution >= 0.6 is 0 Å². The van der Waals surface area contributed by atoms with Gasteiger partial charge in [0.15, 0.2) is 11.7 Å². The van der Waals surface area contributed by atoms with Crippen LogP contribution in [0, 0.1) is 0 Å². The molecule has 1 N–H and O–H groups in total. The molecule has 0 spiro atoms. The van der Waals surface area contributed by atoms with E-state index in [2.05, 4.69) is 20.4 Å². The third-order valence-electron chi connectivity index (χ3n) is 4.80. The van der Waals surface area contributed by atoms with Gasteiger partial charge in [-0.3, -0.25) is 4.79 Å². The lowest BCUT2D eigenvalue weighted by molar-refractivity contribution is -0.121. The van der Waals surface area contributed by atoms with Crippen LogP contribution in [-0.2, 0) is 24.3 Å². The minimum Gasteiger partial charge on any atom is -0.441 e. The molecule has 0 aliphatic rings. The highest BCUT2D eigenvalue weighted by Gasteiger charge is 2.09. The van der Waals surface area contributed by atoms with Crippen molar-refractivity contribution in [1.82, 2.24) is 25.1 Å². The average Bonchev–Trinajstić information content (AvgIpc) is 3.46. The second kappa shape index (κ2) is 9.65. The third kappa shape index (κ3) is 5.20. The van der Waals surface area contributed by atoms with E-state index in [4.69, 9.17) is 4.42 Å². The molecule has 4 rings (SSSR count). The van der Waals surface area contributed by atoms with E-state index < -0.39 is 0 Å². The van der Waals surface area contributed by atoms with E-state index in [1.807, 2.05) is 54.6 Å². The van der Waals surface area contributed by atoms with Crippen LogP contribution in [0.5, 0.6) is 0 Å². The number of rotatable bonds is 9. The van der Waals surface area contributed by atoms with E-state index >= 15 is 0 Å². The predicted octanol–water partition coefficient (Wildman–Crippen LogP) is 3.62. The van der Waals surface area contributed by atoms with Gasteiger partial charge in [0.25, 0.3) is 0 Å². The summed E-state index contributed by atoms with van der Waals surface area (Å²) >= 11 is 0. The zero-order chi connectivity index (χ0) is 20.6. The minimum absolute atomic E-state index is 0.0143. The summed E-state index contributed by atoms with van der Waals surface area (Å²) in [7, 11) is 0. The normalized spacial score (nSPS) is 10.8. The van der Waals surface area contributed by atoms with Gasteiger partial charge >= 0.3 is 0 Å². The Kier molecular flexibility index (Phi) is 6.29. The standard InChI is InChI=1S/C23H23N5O2/c29-22(11-6-12-23-26-14-21(30-23)18-7-2-1-3-8-18)25-13-19-9-4-5-10-20(19)15-28-17-24-16-27-28/h1-5,7-10,14,16-17H,6,11-13,15H2,(H,25,29). The summed E-state index contributed by atoms with van der Waals surface area (Å²) in [5.74, 6) is 1.42. The maximum atomic E-state index is 12.3. The lowest BCUT2D eigenvalue weighted by Gasteiger charge is -2.10. The number of carbonyl (C=O) groups excluding carboxylic acids is 1. The molecule has 4 aromatic rings. The second-order valence-corrected chi connectivity index (χ2v) is 6.98.